The van der Waals surface area contributed by atoms with E-state index in [0.717, 1.165) is 18.7 Å². The van der Waals surface area contributed by atoms with Crippen LogP contribution in [0, 0.1) is 0 Å². The Balaban J connectivity index is 1.20. The summed E-state index contributed by atoms with van der Waals surface area (Å²) in [5.74, 6) is -1.27. The minimum absolute atomic E-state index is 0.0873. The van der Waals surface area contributed by atoms with Gasteiger partial charge in [-0.3, -0.25) is 24.7 Å². The van der Waals surface area contributed by atoms with Gasteiger partial charge in [-0.15, -0.1) is 0 Å². The minimum atomic E-state index is -0.875. The Morgan fingerprint density at radius 1 is 0.694 bits per heavy atom. The SMILES string of the molecule is COc1cc(C(=O)C(=O)N2CCC(c3ccccc3)[C@H]2C(=O)NN2CCN(C(c3ccccc3)c3ccccc3)CC2)cc(OC)c1OC. The number of hydrazine groups is 1. The zero-order valence-corrected chi connectivity index (χ0v) is 28.1. The molecule has 4 aromatic rings. The molecule has 1 unspecified atom stereocenters. The molecule has 2 aliphatic heterocycles. The molecule has 2 amide bonds. The smallest absolute Gasteiger partial charge is 0.295 e. The number of piperazine rings is 1. The summed E-state index contributed by atoms with van der Waals surface area (Å²) < 4.78 is 16.2. The molecular formula is C39H42N4O6. The predicted molar refractivity (Wildman–Crippen MR) is 186 cm³/mol. The number of amides is 2. The molecule has 49 heavy (non-hydrogen) atoms. The Hall–Kier alpha value is -5.19. The number of ketones is 1. The van der Waals surface area contributed by atoms with Gasteiger partial charge in [-0.25, -0.2) is 5.01 Å². The second-order valence-electron chi connectivity index (χ2n) is 12.2. The Bertz CT molecular complexity index is 1680. The van der Waals surface area contributed by atoms with Crippen molar-refractivity contribution < 1.29 is 28.6 Å². The third-order valence-electron chi connectivity index (χ3n) is 9.45. The van der Waals surface area contributed by atoms with Crippen molar-refractivity contribution in [2.75, 3.05) is 54.1 Å². The van der Waals surface area contributed by atoms with Crippen LogP contribution in [0.25, 0.3) is 0 Å². The maximum atomic E-state index is 14.2. The highest BCUT2D eigenvalue weighted by molar-refractivity contribution is 6.43. The molecule has 2 fully saturated rings. The molecule has 2 saturated heterocycles. The number of benzene rings is 4. The summed E-state index contributed by atoms with van der Waals surface area (Å²) in [7, 11) is 4.36. The molecule has 1 N–H and O–H groups in total. The highest BCUT2D eigenvalue weighted by atomic mass is 16.5. The van der Waals surface area contributed by atoms with E-state index in [1.165, 1.54) is 49.5 Å². The maximum absolute atomic E-state index is 14.2. The van der Waals surface area contributed by atoms with Gasteiger partial charge in [0.05, 0.1) is 27.4 Å². The Labute approximate surface area is 287 Å². The van der Waals surface area contributed by atoms with Crippen LogP contribution in [-0.4, -0.2) is 92.5 Å². The summed E-state index contributed by atoms with van der Waals surface area (Å²) in [5.41, 5.74) is 6.58. The lowest BCUT2D eigenvalue weighted by Crippen LogP contribution is -2.58. The molecule has 254 valence electrons. The van der Waals surface area contributed by atoms with Gasteiger partial charge in [0.15, 0.2) is 11.5 Å². The maximum Gasteiger partial charge on any atom is 0.295 e. The molecule has 10 nitrogen and oxygen atoms in total. The second-order valence-corrected chi connectivity index (χ2v) is 12.2. The van der Waals surface area contributed by atoms with Gasteiger partial charge in [-0.2, -0.15) is 0 Å². The average Bonchev–Trinajstić information content (AvgIpc) is 3.61. The molecular weight excluding hydrogens is 620 g/mol. The first kappa shape index (κ1) is 33.7. The van der Waals surface area contributed by atoms with Crippen LogP contribution in [0.15, 0.2) is 103 Å². The zero-order chi connectivity index (χ0) is 34.3. The van der Waals surface area contributed by atoms with Crippen molar-refractivity contribution in [3.8, 4) is 17.2 Å². The zero-order valence-electron chi connectivity index (χ0n) is 28.1. The summed E-state index contributed by atoms with van der Waals surface area (Å²) in [5, 5.41) is 1.93. The fourth-order valence-corrected chi connectivity index (χ4v) is 7.06. The van der Waals surface area contributed by atoms with Crippen LogP contribution in [0.2, 0.25) is 0 Å². The van der Waals surface area contributed by atoms with Crippen molar-refractivity contribution in [1.29, 1.82) is 0 Å². The lowest BCUT2D eigenvalue weighted by Gasteiger charge is -2.40. The summed E-state index contributed by atoms with van der Waals surface area (Å²) in [6.07, 6.45) is 0.542. The van der Waals surface area contributed by atoms with Crippen molar-refractivity contribution in [2.45, 2.75) is 24.4 Å². The van der Waals surface area contributed by atoms with Gasteiger partial charge in [-0.05, 0) is 35.2 Å². The normalized spacial score (nSPS) is 18.2. The predicted octanol–water partition coefficient (Wildman–Crippen LogP) is 4.72. The first-order valence-corrected chi connectivity index (χ1v) is 16.5. The number of hydrogen-bond donors (Lipinski definition) is 1. The number of nitrogens with zero attached hydrogens (tertiary/aromatic N) is 3. The van der Waals surface area contributed by atoms with E-state index in [9.17, 15) is 14.4 Å². The molecule has 0 spiro atoms. The van der Waals surface area contributed by atoms with Gasteiger partial charge >= 0.3 is 0 Å². The highest BCUT2D eigenvalue weighted by Crippen LogP contribution is 2.39. The molecule has 2 atom stereocenters. The first-order valence-electron chi connectivity index (χ1n) is 16.5. The van der Waals surface area contributed by atoms with Crippen molar-refractivity contribution in [1.82, 2.24) is 20.2 Å². The molecule has 10 heteroatoms. The standard InChI is InChI=1S/C39H42N4O6/c1-47-32-25-30(26-33(48-2)37(32)49-3)36(44)39(46)43-20-19-31(27-13-7-4-8-14-27)35(43)38(45)40-42-23-21-41(22-24-42)34(28-15-9-5-10-16-28)29-17-11-6-12-18-29/h4-18,25-26,31,34-35H,19-24H2,1-3H3,(H,40,45)/t31?,35-/m0/s1. The third-order valence-corrected chi connectivity index (χ3v) is 9.45. The number of likely N-dealkylation sites (tertiary alicyclic amines) is 1. The van der Waals surface area contributed by atoms with E-state index in [0.29, 0.717) is 25.3 Å². The summed E-state index contributed by atoms with van der Waals surface area (Å²) in [6, 6.07) is 32.7. The molecule has 0 aromatic heterocycles. The summed E-state index contributed by atoms with van der Waals surface area (Å²) in [4.78, 5) is 45.7. The highest BCUT2D eigenvalue weighted by Gasteiger charge is 2.45. The number of Topliss-reactive ketones (excluding diaryl/α,β-unsaturated/α-hetero) is 1. The van der Waals surface area contributed by atoms with Gasteiger partial charge in [-0.1, -0.05) is 91.0 Å². The van der Waals surface area contributed by atoms with Crippen molar-refractivity contribution in [3.05, 3.63) is 125 Å². The van der Waals surface area contributed by atoms with E-state index >= 15 is 0 Å². The minimum Gasteiger partial charge on any atom is -0.493 e. The Morgan fingerprint density at radius 2 is 1.22 bits per heavy atom. The molecule has 4 aromatic carbocycles. The van der Waals surface area contributed by atoms with E-state index < -0.39 is 17.7 Å². The number of carbonyl (C=O) groups is 3. The summed E-state index contributed by atoms with van der Waals surface area (Å²) >= 11 is 0. The van der Waals surface area contributed by atoms with Crippen LogP contribution in [-0.2, 0) is 9.59 Å². The third kappa shape index (κ3) is 7.16. The van der Waals surface area contributed by atoms with Crippen LogP contribution in [0.3, 0.4) is 0 Å². The number of hydrogen-bond acceptors (Lipinski definition) is 8. The summed E-state index contributed by atoms with van der Waals surface area (Å²) in [6.45, 7) is 2.91. The quantitative estimate of drug-likeness (QED) is 0.182. The van der Waals surface area contributed by atoms with Gasteiger partial charge < -0.3 is 19.1 Å². The number of ether oxygens (including phenoxy) is 3. The van der Waals surface area contributed by atoms with E-state index in [2.05, 4.69) is 58.9 Å². The average molecular weight is 663 g/mol. The number of methoxy groups -OCH3 is 3. The number of nitrogens with one attached hydrogen (secondary N) is 1. The van der Waals surface area contributed by atoms with Gasteiger partial charge in [0.2, 0.25) is 5.75 Å². The van der Waals surface area contributed by atoms with Crippen molar-refractivity contribution in [3.63, 3.8) is 0 Å². The Morgan fingerprint density at radius 3 is 1.73 bits per heavy atom. The molecule has 2 aliphatic rings. The van der Waals surface area contributed by atoms with E-state index in [-0.39, 0.29) is 41.5 Å². The lowest BCUT2D eigenvalue weighted by atomic mass is 9.91. The van der Waals surface area contributed by atoms with E-state index in [4.69, 9.17) is 14.2 Å². The Kier molecular flexibility index (Phi) is 10.6. The van der Waals surface area contributed by atoms with Gasteiger partial charge in [0, 0.05) is 44.2 Å². The molecule has 0 aliphatic carbocycles. The topological polar surface area (TPSA) is 101 Å². The first-order chi connectivity index (χ1) is 23.9. The molecule has 0 bridgehead atoms. The molecule has 6 rings (SSSR count). The lowest BCUT2D eigenvalue weighted by molar-refractivity contribution is -0.139. The van der Waals surface area contributed by atoms with Crippen molar-refractivity contribution >= 4 is 17.6 Å². The monoisotopic (exact) mass is 662 g/mol. The number of carbonyl (C=O) groups excluding carboxylic acids is 3. The van der Waals surface area contributed by atoms with E-state index in [1.54, 1.807) is 0 Å². The molecule has 2 heterocycles. The molecule has 0 saturated carbocycles. The van der Waals surface area contributed by atoms with Crippen LogP contribution < -0.4 is 19.6 Å². The van der Waals surface area contributed by atoms with Crippen LogP contribution >= 0.6 is 0 Å². The fourth-order valence-electron chi connectivity index (χ4n) is 7.06. The number of rotatable bonds is 11. The van der Waals surface area contributed by atoms with Crippen LogP contribution in [0.4, 0.5) is 0 Å². The fraction of sp³-hybridized carbons (Fsp3) is 0.308. The largest absolute Gasteiger partial charge is 0.493 e. The van der Waals surface area contributed by atoms with Crippen LogP contribution in [0.1, 0.15) is 45.4 Å². The van der Waals surface area contributed by atoms with Gasteiger partial charge in [0.1, 0.15) is 6.04 Å². The second kappa shape index (κ2) is 15.4. The molecule has 0 radical (unpaired) electrons. The van der Waals surface area contributed by atoms with Gasteiger partial charge in [0.25, 0.3) is 17.6 Å². The van der Waals surface area contributed by atoms with E-state index in [1.807, 2.05) is 47.5 Å². The van der Waals surface area contributed by atoms with Crippen molar-refractivity contribution in [2.24, 2.45) is 0 Å². The van der Waals surface area contributed by atoms with Crippen LogP contribution in [0.5, 0.6) is 17.2 Å².